The minimum atomic E-state index is -0.487. The summed E-state index contributed by atoms with van der Waals surface area (Å²) in [5.74, 6) is 1.16. The summed E-state index contributed by atoms with van der Waals surface area (Å²) in [5.41, 5.74) is 3.40. The van der Waals surface area contributed by atoms with Crippen LogP contribution in [0, 0.1) is 0 Å². The highest BCUT2D eigenvalue weighted by Gasteiger charge is 2.28. The summed E-state index contributed by atoms with van der Waals surface area (Å²) in [6.07, 6.45) is 2.46. The molecule has 5 heteroatoms. The molecule has 0 saturated heterocycles. The van der Waals surface area contributed by atoms with Gasteiger partial charge in [-0.1, -0.05) is 64.1 Å². The van der Waals surface area contributed by atoms with Crippen molar-refractivity contribution in [2.45, 2.75) is 71.9 Å². The van der Waals surface area contributed by atoms with Gasteiger partial charge in [-0.05, 0) is 54.0 Å². The molecule has 0 heterocycles. The Bertz CT molecular complexity index is 844. The van der Waals surface area contributed by atoms with Gasteiger partial charge < -0.3 is 15.0 Å². The van der Waals surface area contributed by atoms with E-state index in [4.69, 9.17) is 4.74 Å². The first kappa shape index (κ1) is 25.4. The van der Waals surface area contributed by atoms with Gasteiger partial charge in [-0.25, -0.2) is 0 Å². The Labute approximate surface area is 193 Å². The van der Waals surface area contributed by atoms with Crippen molar-refractivity contribution < 1.29 is 14.3 Å². The standard InChI is InChI=1S/C27H38N2O3/c1-6-18-28-27(31)25(7-2)29(19-22-10-15-24(32-5)16-11-22)26(30)17-12-21-8-13-23(14-9-21)20(3)4/h8-11,13-16,20,25H,6-7,12,17-19H2,1-5H3,(H,28,31)/t25-/m1/s1. The van der Waals surface area contributed by atoms with Crippen LogP contribution in [0.1, 0.15) is 69.6 Å². The molecule has 32 heavy (non-hydrogen) atoms. The molecule has 0 radical (unpaired) electrons. The maximum Gasteiger partial charge on any atom is 0.242 e. The second-order valence-electron chi connectivity index (χ2n) is 8.48. The van der Waals surface area contributed by atoms with E-state index in [1.54, 1.807) is 12.0 Å². The van der Waals surface area contributed by atoms with Crippen LogP contribution in [0.25, 0.3) is 0 Å². The number of carbonyl (C=O) groups excluding carboxylic acids is 2. The summed E-state index contributed by atoms with van der Waals surface area (Å²) >= 11 is 0. The zero-order chi connectivity index (χ0) is 23.5. The molecule has 2 rings (SSSR count). The third kappa shape index (κ3) is 7.40. The average Bonchev–Trinajstić information content (AvgIpc) is 2.81. The zero-order valence-electron chi connectivity index (χ0n) is 20.2. The zero-order valence-corrected chi connectivity index (χ0v) is 20.2. The van der Waals surface area contributed by atoms with E-state index in [1.807, 2.05) is 38.1 Å². The van der Waals surface area contributed by atoms with Crippen LogP contribution >= 0.6 is 0 Å². The molecule has 2 amide bonds. The minimum absolute atomic E-state index is 0.00717. The van der Waals surface area contributed by atoms with Crippen molar-refractivity contribution in [3.05, 3.63) is 65.2 Å². The Hall–Kier alpha value is -2.82. The fraction of sp³-hybridized carbons (Fsp3) is 0.481. The number of hydrogen-bond acceptors (Lipinski definition) is 3. The number of rotatable bonds is 12. The number of amides is 2. The first-order chi connectivity index (χ1) is 15.4. The van der Waals surface area contributed by atoms with Gasteiger partial charge in [0.15, 0.2) is 0 Å². The van der Waals surface area contributed by atoms with Crippen molar-refractivity contribution >= 4 is 11.8 Å². The Morgan fingerprint density at radius 1 is 0.969 bits per heavy atom. The number of benzene rings is 2. The molecular formula is C27H38N2O3. The minimum Gasteiger partial charge on any atom is -0.497 e. The molecule has 0 saturated carbocycles. The van der Waals surface area contributed by atoms with E-state index >= 15 is 0 Å². The van der Waals surface area contributed by atoms with E-state index < -0.39 is 6.04 Å². The first-order valence-corrected chi connectivity index (χ1v) is 11.7. The predicted molar refractivity (Wildman–Crippen MR) is 130 cm³/mol. The van der Waals surface area contributed by atoms with E-state index in [0.29, 0.717) is 38.3 Å². The molecule has 0 aromatic heterocycles. The molecule has 0 aliphatic rings. The van der Waals surface area contributed by atoms with Crippen LogP contribution in [-0.4, -0.2) is 36.4 Å². The van der Waals surface area contributed by atoms with Gasteiger partial charge in [-0.2, -0.15) is 0 Å². The summed E-state index contributed by atoms with van der Waals surface area (Å²) in [7, 11) is 1.63. The number of nitrogens with zero attached hydrogens (tertiary/aromatic N) is 1. The molecule has 0 fully saturated rings. The average molecular weight is 439 g/mol. The monoisotopic (exact) mass is 438 g/mol. The van der Waals surface area contributed by atoms with Crippen LogP contribution in [0.2, 0.25) is 0 Å². The number of aryl methyl sites for hydroxylation is 1. The van der Waals surface area contributed by atoms with Gasteiger partial charge in [0, 0.05) is 19.5 Å². The quantitative estimate of drug-likeness (QED) is 0.502. The van der Waals surface area contributed by atoms with E-state index in [0.717, 1.165) is 23.3 Å². The molecule has 0 spiro atoms. The highest BCUT2D eigenvalue weighted by atomic mass is 16.5. The lowest BCUT2D eigenvalue weighted by atomic mass is 10.00. The van der Waals surface area contributed by atoms with E-state index in [9.17, 15) is 9.59 Å². The molecular weight excluding hydrogens is 400 g/mol. The van der Waals surface area contributed by atoms with Gasteiger partial charge in [0.1, 0.15) is 11.8 Å². The fourth-order valence-electron chi connectivity index (χ4n) is 3.68. The summed E-state index contributed by atoms with van der Waals surface area (Å²) in [6.45, 7) is 9.32. The summed E-state index contributed by atoms with van der Waals surface area (Å²) in [6, 6.07) is 15.6. The predicted octanol–water partition coefficient (Wildman–Crippen LogP) is 5.08. The van der Waals surface area contributed by atoms with Gasteiger partial charge in [-0.15, -0.1) is 0 Å². The SMILES string of the molecule is CCCNC(=O)[C@@H](CC)N(Cc1ccc(OC)cc1)C(=O)CCc1ccc(C(C)C)cc1. The number of ether oxygens (including phenoxy) is 1. The Balaban J connectivity index is 2.16. The fourth-order valence-corrected chi connectivity index (χ4v) is 3.68. The first-order valence-electron chi connectivity index (χ1n) is 11.7. The molecule has 0 bridgehead atoms. The topological polar surface area (TPSA) is 58.6 Å². The van der Waals surface area contributed by atoms with Crippen molar-refractivity contribution in [3.63, 3.8) is 0 Å². The van der Waals surface area contributed by atoms with Crippen LogP contribution in [-0.2, 0) is 22.6 Å². The largest absolute Gasteiger partial charge is 0.497 e. The molecule has 1 atom stereocenters. The van der Waals surface area contributed by atoms with Crippen LogP contribution in [0.4, 0.5) is 0 Å². The van der Waals surface area contributed by atoms with E-state index in [-0.39, 0.29) is 11.8 Å². The summed E-state index contributed by atoms with van der Waals surface area (Å²) in [4.78, 5) is 27.9. The second kappa shape index (κ2) is 12.9. The molecule has 0 aliphatic carbocycles. The lowest BCUT2D eigenvalue weighted by Gasteiger charge is -2.31. The number of carbonyl (C=O) groups is 2. The second-order valence-corrected chi connectivity index (χ2v) is 8.48. The smallest absolute Gasteiger partial charge is 0.242 e. The molecule has 0 aliphatic heterocycles. The van der Waals surface area contributed by atoms with Crippen LogP contribution in [0.3, 0.4) is 0 Å². The van der Waals surface area contributed by atoms with Crippen molar-refractivity contribution in [2.75, 3.05) is 13.7 Å². The van der Waals surface area contributed by atoms with Crippen molar-refractivity contribution in [3.8, 4) is 5.75 Å². The molecule has 5 nitrogen and oxygen atoms in total. The normalized spacial score (nSPS) is 11.8. The Morgan fingerprint density at radius 3 is 2.12 bits per heavy atom. The van der Waals surface area contributed by atoms with Gasteiger partial charge in [0.2, 0.25) is 11.8 Å². The van der Waals surface area contributed by atoms with Gasteiger partial charge in [0.05, 0.1) is 7.11 Å². The van der Waals surface area contributed by atoms with Crippen LogP contribution in [0.5, 0.6) is 5.75 Å². The lowest BCUT2D eigenvalue weighted by Crippen LogP contribution is -2.49. The van der Waals surface area contributed by atoms with Crippen molar-refractivity contribution in [2.24, 2.45) is 0 Å². The highest BCUT2D eigenvalue weighted by molar-refractivity contribution is 5.87. The Morgan fingerprint density at radius 2 is 1.59 bits per heavy atom. The van der Waals surface area contributed by atoms with E-state index in [2.05, 4.69) is 43.4 Å². The summed E-state index contributed by atoms with van der Waals surface area (Å²) < 4.78 is 5.24. The molecule has 2 aromatic rings. The van der Waals surface area contributed by atoms with Gasteiger partial charge in [-0.3, -0.25) is 9.59 Å². The van der Waals surface area contributed by atoms with Gasteiger partial charge in [0.25, 0.3) is 0 Å². The third-order valence-corrected chi connectivity index (χ3v) is 5.72. The maximum absolute atomic E-state index is 13.3. The summed E-state index contributed by atoms with van der Waals surface area (Å²) in [5, 5.41) is 2.96. The van der Waals surface area contributed by atoms with Crippen molar-refractivity contribution in [1.29, 1.82) is 0 Å². The lowest BCUT2D eigenvalue weighted by molar-refractivity contribution is -0.141. The van der Waals surface area contributed by atoms with Crippen molar-refractivity contribution in [1.82, 2.24) is 10.2 Å². The highest BCUT2D eigenvalue weighted by Crippen LogP contribution is 2.19. The molecule has 1 N–H and O–H groups in total. The molecule has 2 aromatic carbocycles. The van der Waals surface area contributed by atoms with E-state index in [1.165, 1.54) is 5.56 Å². The molecule has 0 unspecified atom stereocenters. The maximum atomic E-state index is 13.3. The van der Waals surface area contributed by atoms with Gasteiger partial charge >= 0.3 is 0 Å². The third-order valence-electron chi connectivity index (χ3n) is 5.72. The number of nitrogens with one attached hydrogen (secondary N) is 1. The number of methoxy groups -OCH3 is 1. The Kier molecular flexibility index (Phi) is 10.3. The van der Waals surface area contributed by atoms with Crippen LogP contribution in [0.15, 0.2) is 48.5 Å². The number of hydrogen-bond donors (Lipinski definition) is 1. The molecule has 174 valence electrons. The van der Waals surface area contributed by atoms with Crippen LogP contribution < -0.4 is 10.1 Å².